The molecule has 0 fully saturated rings. The third-order valence-electron chi connectivity index (χ3n) is 3.57. The summed E-state index contributed by atoms with van der Waals surface area (Å²) in [6.07, 6.45) is 0.902. The topological polar surface area (TPSA) is 38.5 Å². The molecule has 3 nitrogen and oxygen atoms in total. The average Bonchev–Trinajstić information content (AvgIpc) is 2.52. The first-order chi connectivity index (χ1) is 10.1. The van der Waals surface area contributed by atoms with Gasteiger partial charge in [0.2, 0.25) is 0 Å². The molecule has 2 aromatic carbocycles. The van der Waals surface area contributed by atoms with Crippen molar-refractivity contribution >= 4 is 21.6 Å². The molecule has 4 heteroatoms. The summed E-state index contributed by atoms with van der Waals surface area (Å²) < 4.78 is 6.24. The molecule has 0 spiro atoms. The molecule has 2 rings (SSSR count). The maximum absolute atomic E-state index is 6.27. The summed E-state index contributed by atoms with van der Waals surface area (Å²) >= 11 is 3.48. The Morgan fingerprint density at radius 3 is 2.52 bits per heavy atom. The van der Waals surface area contributed by atoms with Gasteiger partial charge in [-0.05, 0) is 48.4 Å². The quantitative estimate of drug-likeness (QED) is 0.857. The number of nitrogens with two attached hydrogens (primary N) is 1. The van der Waals surface area contributed by atoms with Gasteiger partial charge in [-0.1, -0.05) is 28.1 Å². The highest BCUT2D eigenvalue weighted by Crippen LogP contribution is 2.21. The molecule has 1 unspecified atom stereocenters. The van der Waals surface area contributed by atoms with Crippen LogP contribution in [-0.4, -0.2) is 20.7 Å². The summed E-state index contributed by atoms with van der Waals surface area (Å²) in [6.45, 7) is 0.903. The molecule has 21 heavy (non-hydrogen) atoms. The Kier molecular flexibility index (Phi) is 5.65. The standard InChI is InChI=1S/C17H21BrN2O/c1-20(15-6-8-16(21-2)9-7-15)11-10-17(19)13-4-3-5-14(18)12-13/h3-9,12,17H,10-11,19H2,1-2H3. The molecular formula is C17H21BrN2O. The Morgan fingerprint density at radius 1 is 1.19 bits per heavy atom. The van der Waals surface area contributed by atoms with Crippen LogP contribution in [0.3, 0.4) is 0 Å². The molecule has 0 heterocycles. The van der Waals surface area contributed by atoms with Gasteiger partial charge < -0.3 is 15.4 Å². The van der Waals surface area contributed by atoms with Crippen molar-refractivity contribution in [2.45, 2.75) is 12.5 Å². The summed E-state index contributed by atoms with van der Waals surface area (Å²) in [4.78, 5) is 2.21. The predicted molar refractivity (Wildman–Crippen MR) is 92.0 cm³/mol. The highest BCUT2D eigenvalue weighted by atomic mass is 79.9. The van der Waals surface area contributed by atoms with Crippen molar-refractivity contribution in [3.05, 3.63) is 58.6 Å². The second kappa shape index (κ2) is 7.48. The third kappa shape index (κ3) is 4.48. The summed E-state index contributed by atoms with van der Waals surface area (Å²) in [5, 5.41) is 0. The molecule has 1 atom stereocenters. The van der Waals surface area contributed by atoms with Crippen LogP contribution in [0.15, 0.2) is 53.0 Å². The van der Waals surface area contributed by atoms with Crippen molar-refractivity contribution in [2.75, 3.05) is 25.6 Å². The molecule has 0 aromatic heterocycles. The van der Waals surface area contributed by atoms with Crippen LogP contribution in [0.1, 0.15) is 18.0 Å². The smallest absolute Gasteiger partial charge is 0.119 e. The fourth-order valence-corrected chi connectivity index (χ4v) is 2.62. The Bertz CT molecular complexity index is 571. The summed E-state index contributed by atoms with van der Waals surface area (Å²) in [5.74, 6) is 0.873. The van der Waals surface area contributed by atoms with E-state index in [2.05, 4.69) is 52.1 Å². The zero-order valence-electron chi connectivity index (χ0n) is 12.4. The first-order valence-corrected chi connectivity index (χ1v) is 7.75. The molecular weight excluding hydrogens is 328 g/mol. The minimum atomic E-state index is 0.0446. The van der Waals surface area contributed by atoms with Gasteiger partial charge in [-0.3, -0.25) is 0 Å². The molecule has 0 bridgehead atoms. The van der Waals surface area contributed by atoms with Gasteiger partial charge in [0.15, 0.2) is 0 Å². The molecule has 0 aliphatic rings. The number of hydrogen-bond acceptors (Lipinski definition) is 3. The number of anilines is 1. The minimum absolute atomic E-state index is 0.0446. The summed E-state index contributed by atoms with van der Waals surface area (Å²) in [6, 6.07) is 16.3. The maximum atomic E-state index is 6.27. The van der Waals surface area contributed by atoms with Gasteiger partial charge in [-0.2, -0.15) is 0 Å². The van der Waals surface area contributed by atoms with Gasteiger partial charge in [0.1, 0.15) is 5.75 Å². The van der Waals surface area contributed by atoms with Gasteiger partial charge in [0.25, 0.3) is 0 Å². The Morgan fingerprint density at radius 2 is 1.90 bits per heavy atom. The summed E-state index contributed by atoms with van der Waals surface area (Å²) in [7, 11) is 3.76. The van der Waals surface area contributed by atoms with E-state index in [9.17, 15) is 0 Å². The van der Waals surface area contributed by atoms with Gasteiger partial charge in [-0.15, -0.1) is 0 Å². The fraction of sp³-hybridized carbons (Fsp3) is 0.294. The lowest BCUT2D eigenvalue weighted by Gasteiger charge is -2.22. The number of rotatable bonds is 6. The lowest BCUT2D eigenvalue weighted by Crippen LogP contribution is -2.23. The van der Waals surface area contributed by atoms with Crippen molar-refractivity contribution in [1.29, 1.82) is 0 Å². The summed E-state index contributed by atoms with van der Waals surface area (Å²) in [5.41, 5.74) is 8.59. The van der Waals surface area contributed by atoms with Crippen LogP contribution >= 0.6 is 15.9 Å². The largest absolute Gasteiger partial charge is 0.497 e. The molecule has 0 aliphatic carbocycles. The first-order valence-electron chi connectivity index (χ1n) is 6.96. The van der Waals surface area contributed by atoms with E-state index in [1.807, 2.05) is 24.3 Å². The monoisotopic (exact) mass is 348 g/mol. The fourth-order valence-electron chi connectivity index (χ4n) is 2.20. The van der Waals surface area contributed by atoms with Crippen LogP contribution < -0.4 is 15.4 Å². The predicted octanol–water partition coefficient (Wildman–Crippen LogP) is 3.98. The average molecular weight is 349 g/mol. The number of hydrogen-bond donors (Lipinski definition) is 1. The molecule has 112 valence electrons. The van der Waals surface area contributed by atoms with E-state index in [1.165, 1.54) is 0 Å². The van der Waals surface area contributed by atoms with Crippen molar-refractivity contribution in [1.82, 2.24) is 0 Å². The van der Waals surface area contributed by atoms with Crippen LogP contribution in [0, 0.1) is 0 Å². The second-order valence-electron chi connectivity index (χ2n) is 5.07. The van der Waals surface area contributed by atoms with E-state index in [1.54, 1.807) is 7.11 Å². The lowest BCUT2D eigenvalue weighted by molar-refractivity contribution is 0.415. The van der Waals surface area contributed by atoms with E-state index in [0.717, 1.165) is 34.4 Å². The normalized spacial score (nSPS) is 12.0. The Labute approximate surface area is 134 Å². The molecule has 2 N–H and O–H groups in total. The van der Waals surface area contributed by atoms with E-state index >= 15 is 0 Å². The molecule has 0 amide bonds. The Hall–Kier alpha value is -1.52. The van der Waals surface area contributed by atoms with Crippen molar-refractivity contribution in [2.24, 2.45) is 5.73 Å². The molecule has 0 saturated carbocycles. The zero-order valence-corrected chi connectivity index (χ0v) is 14.0. The second-order valence-corrected chi connectivity index (χ2v) is 5.99. The highest BCUT2D eigenvalue weighted by Gasteiger charge is 2.08. The van der Waals surface area contributed by atoms with E-state index in [4.69, 9.17) is 10.5 Å². The van der Waals surface area contributed by atoms with Crippen LogP contribution in [0.25, 0.3) is 0 Å². The molecule has 0 saturated heterocycles. The Balaban J connectivity index is 1.92. The van der Waals surface area contributed by atoms with E-state index in [0.29, 0.717) is 0 Å². The number of nitrogens with zero attached hydrogens (tertiary/aromatic N) is 1. The molecule has 2 aromatic rings. The SMILES string of the molecule is COc1ccc(N(C)CCC(N)c2cccc(Br)c2)cc1. The van der Waals surface area contributed by atoms with Gasteiger partial charge >= 0.3 is 0 Å². The lowest BCUT2D eigenvalue weighted by atomic mass is 10.0. The minimum Gasteiger partial charge on any atom is -0.497 e. The van der Waals surface area contributed by atoms with Crippen LogP contribution in [0.5, 0.6) is 5.75 Å². The highest BCUT2D eigenvalue weighted by molar-refractivity contribution is 9.10. The zero-order chi connectivity index (χ0) is 15.2. The maximum Gasteiger partial charge on any atom is 0.119 e. The van der Waals surface area contributed by atoms with Crippen LogP contribution in [0.2, 0.25) is 0 Å². The van der Waals surface area contributed by atoms with Crippen molar-refractivity contribution < 1.29 is 4.74 Å². The van der Waals surface area contributed by atoms with Crippen LogP contribution in [-0.2, 0) is 0 Å². The van der Waals surface area contributed by atoms with Crippen molar-refractivity contribution in [3.8, 4) is 5.75 Å². The van der Waals surface area contributed by atoms with E-state index in [-0.39, 0.29) is 6.04 Å². The third-order valence-corrected chi connectivity index (χ3v) is 4.06. The first kappa shape index (κ1) is 15.9. The van der Waals surface area contributed by atoms with Gasteiger partial charge in [0.05, 0.1) is 7.11 Å². The van der Waals surface area contributed by atoms with Gasteiger partial charge in [-0.25, -0.2) is 0 Å². The van der Waals surface area contributed by atoms with Gasteiger partial charge in [0, 0.05) is 29.8 Å². The molecule has 0 radical (unpaired) electrons. The number of halogens is 1. The number of ether oxygens (including phenoxy) is 1. The molecule has 0 aliphatic heterocycles. The number of methoxy groups -OCH3 is 1. The van der Waals surface area contributed by atoms with E-state index < -0.39 is 0 Å². The van der Waals surface area contributed by atoms with Crippen LogP contribution in [0.4, 0.5) is 5.69 Å². The van der Waals surface area contributed by atoms with Crippen molar-refractivity contribution in [3.63, 3.8) is 0 Å². The number of benzene rings is 2.